The van der Waals surface area contributed by atoms with E-state index in [1.807, 2.05) is 0 Å². The fraction of sp³-hybridized carbons (Fsp3) is 0.583. The normalized spacial score (nSPS) is 29.3. The number of rotatable bonds is 23. The molecule has 0 amide bonds. The van der Waals surface area contributed by atoms with Gasteiger partial charge in [-0.3, -0.25) is 42.3 Å². The highest BCUT2D eigenvalue weighted by atomic mass is 32.2. The molecule has 0 aromatic carbocycles. The molecular formula is C36H52N16O24P4S. The van der Waals surface area contributed by atoms with Crippen molar-refractivity contribution in [3.05, 3.63) is 46.0 Å². The molecule has 0 radical (unpaired) electrons. The molecule has 3 saturated heterocycles. The monoisotopic (exact) mass is 1250 g/mol. The average Bonchev–Trinajstić information content (AvgIpc) is 3.80. The number of nitrogens with one attached hydrogen (secondary N) is 3. The van der Waals surface area contributed by atoms with E-state index in [0.717, 1.165) is 30.7 Å². The number of sulfonamides is 1. The Morgan fingerprint density at radius 2 is 1.33 bits per heavy atom. The van der Waals surface area contributed by atoms with E-state index in [2.05, 4.69) is 53.2 Å². The predicted octanol–water partition coefficient (Wildman–Crippen LogP) is -3.87. The lowest BCUT2D eigenvalue weighted by Gasteiger charge is -2.31. The molecule has 6 aromatic heterocycles. The molecule has 3 aliphatic rings. The first-order valence-corrected chi connectivity index (χ1v) is 31.1. The summed E-state index contributed by atoms with van der Waals surface area (Å²) in [7, 11) is -25.0. The highest BCUT2D eigenvalue weighted by Gasteiger charge is 2.53. The topological polar surface area (TPSA) is 571 Å². The molecule has 16 atom stereocenters. The van der Waals surface area contributed by atoms with Crippen LogP contribution in [0.2, 0.25) is 0 Å². The van der Waals surface area contributed by atoms with Crippen LogP contribution in [0, 0.1) is 11.8 Å². The minimum atomic E-state index is -6.23. The van der Waals surface area contributed by atoms with Gasteiger partial charge in [0.15, 0.2) is 35.1 Å². The highest BCUT2D eigenvalue weighted by molar-refractivity contribution is 7.89. The number of aromatic nitrogens is 12. The smallest absolute Gasteiger partial charge is 0.490 e. The van der Waals surface area contributed by atoms with Gasteiger partial charge in [0.05, 0.1) is 51.4 Å². The number of hydrogen-bond donors (Lipinski definition) is 11. The zero-order valence-corrected chi connectivity index (χ0v) is 46.6. The summed E-state index contributed by atoms with van der Waals surface area (Å²) in [6.45, 7) is -0.666. The number of nitrogens with two attached hydrogens (primary N) is 3. The molecule has 3 fully saturated rings. The van der Waals surface area contributed by atoms with Crippen molar-refractivity contribution >= 4 is 92.5 Å². The second-order valence-corrected chi connectivity index (χ2v) is 26.3. The molecule has 81 heavy (non-hydrogen) atoms. The summed E-state index contributed by atoms with van der Waals surface area (Å²) in [6, 6.07) is 0. The number of aliphatic hydroxyl groups is 2. The fourth-order valence-electron chi connectivity index (χ4n) is 9.26. The third kappa shape index (κ3) is 12.7. The van der Waals surface area contributed by atoms with Gasteiger partial charge in [0.2, 0.25) is 34.5 Å². The molecule has 9 rings (SSSR count). The van der Waals surface area contributed by atoms with Gasteiger partial charge in [-0.2, -0.15) is 23.2 Å². The highest BCUT2D eigenvalue weighted by Crippen LogP contribution is 2.68. The Labute approximate surface area is 452 Å². The molecule has 4 unspecified atom stereocenters. The van der Waals surface area contributed by atoms with E-state index >= 15 is 0 Å². The van der Waals surface area contributed by atoms with E-state index < -0.39 is 146 Å². The second kappa shape index (κ2) is 22.8. The van der Waals surface area contributed by atoms with Gasteiger partial charge < -0.3 is 75.0 Å². The third-order valence-corrected chi connectivity index (χ3v) is 19.6. The van der Waals surface area contributed by atoms with E-state index in [0.29, 0.717) is 0 Å². The van der Waals surface area contributed by atoms with Gasteiger partial charge in [0, 0.05) is 25.5 Å². The van der Waals surface area contributed by atoms with Crippen LogP contribution in [-0.2, 0) is 81.0 Å². The first-order chi connectivity index (χ1) is 37.9. The van der Waals surface area contributed by atoms with Crippen molar-refractivity contribution in [1.29, 1.82) is 0 Å². The van der Waals surface area contributed by atoms with Gasteiger partial charge in [-0.25, -0.2) is 51.3 Å². The van der Waals surface area contributed by atoms with Crippen LogP contribution in [0.5, 0.6) is 0 Å². The lowest BCUT2D eigenvalue weighted by Crippen LogP contribution is -2.39. The lowest BCUT2D eigenvalue weighted by atomic mass is 9.91. The van der Waals surface area contributed by atoms with Crippen LogP contribution in [0.15, 0.2) is 34.9 Å². The standard InChI is InChI=1S/C36H52N16O24P4S/c1-5-81(65,66)44-6-15-14(2)32(52-13-49(3)21-29(52)46-36(39)48-31(21)56)71-16(15)7-69-78(59,60)75-80(63,64)76-79(61,62)70-9-18-24(25(67-4)34(73-18)50-11-42-19-26(37)40-10-41-27(19)50)74-77(57,58)68-8-17-22(53)23(54)33(72-17)51-12-43-20-28(51)45-35(38)47-30(20)55/h10-18,22-25,32-34,44,53-54H,5-9H2,1-4H3,(H11-,37,38,39,40,41,45,46,47,48,55,56,57,58,59,60,61,62,63,64)/t14-,15+,16-,17-,18-,22-,23-,24-,25-,32-,33-,34-/m1/s1. The largest absolute Gasteiger partial charge is 0.756 e. The average molecular weight is 1250 g/mol. The zero-order valence-electron chi connectivity index (χ0n) is 42.2. The molecule has 0 bridgehead atoms. The molecule has 14 N–H and O–H groups in total. The summed E-state index contributed by atoms with van der Waals surface area (Å²) in [5.41, 5.74) is 15.8. The Balaban J connectivity index is 0.880. The van der Waals surface area contributed by atoms with E-state index in [1.54, 1.807) is 6.92 Å². The molecule has 6 aromatic rings. The molecule has 0 spiro atoms. The van der Waals surface area contributed by atoms with Crippen molar-refractivity contribution in [1.82, 2.24) is 58.3 Å². The summed E-state index contributed by atoms with van der Waals surface area (Å²) in [6.07, 6.45) is -11.5. The van der Waals surface area contributed by atoms with Gasteiger partial charge >= 0.3 is 29.0 Å². The number of aryl methyl sites for hydroxylation is 1. The molecule has 3 aliphatic heterocycles. The van der Waals surface area contributed by atoms with Crippen molar-refractivity contribution in [2.24, 2.45) is 18.9 Å². The van der Waals surface area contributed by atoms with Crippen molar-refractivity contribution in [2.75, 3.05) is 56.4 Å². The number of anilines is 3. The van der Waals surface area contributed by atoms with Gasteiger partial charge in [-0.1, -0.05) is 6.92 Å². The number of nitrogen functional groups attached to an aromatic ring is 3. The molecular weight excluding hydrogens is 1200 g/mol. The van der Waals surface area contributed by atoms with Gasteiger partial charge in [-0.15, -0.1) is 0 Å². The molecule has 45 heteroatoms. The molecule has 9 heterocycles. The number of nitrogens with zero attached hydrogens (tertiary/aromatic N) is 10. The minimum absolute atomic E-state index is 0.00915. The Kier molecular flexibility index (Phi) is 17.0. The number of methoxy groups -OCH3 is 1. The first kappa shape index (κ1) is 60.4. The number of ether oxygens (including phenoxy) is 4. The van der Waals surface area contributed by atoms with Crippen molar-refractivity contribution < 1.29 is 107 Å². The van der Waals surface area contributed by atoms with E-state index in [1.165, 1.54) is 34.0 Å². The first-order valence-electron chi connectivity index (χ1n) is 23.5. The maximum Gasteiger partial charge on any atom is 0.490 e. The maximum atomic E-state index is 13.6. The van der Waals surface area contributed by atoms with Crippen LogP contribution in [0.3, 0.4) is 0 Å². The van der Waals surface area contributed by atoms with E-state index in [-0.39, 0.29) is 63.5 Å². The number of fused-ring (bicyclic) bond motifs is 3. The fourth-order valence-corrected chi connectivity index (χ4v) is 14.4. The summed E-state index contributed by atoms with van der Waals surface area (Å²) in [4.78, 5) is 99.4. The van der Waals surface area contributed by atoms with Gasteiger partial charge in [0.1, 0.15) is 48.5 Å². The Morgan fingerprint density at radius 3 is 1.99 bits per heavy atom. The number of phosphoric ester groups is 3. The van der Waals surface area contributed by atoms with E-state index in [4.69, 9.17) is 54.2 Å². The van der Waals surface area contributed by atoms with Crippen molar-refractivity contribution in [2.45, 2.75) is 75.3 Å². The van der Waals surface area contributed by atoms with Crippen molar-refractivity contribution in [3.63, 3.8) is 0 Å². The Morgan fingerprint density at radius 1 is 0.753 bits per heavy atom. The number of phosphoric acid groups is 4. The number of H-pyrrole nitrogens is 2. The predicted molar refractivity (Wildman–Crippen MR) is 265 cm³/mol. The zero-order chi connectivity index (χ0) is 58.9. The van der Waals surface area contributed by atoms with E-state index in [9.17, 15) is 66.1 Å². The molecule has 0 aliphatic carbocycles. The number of aliphatic hydroxyl groups excluding tert-OH is 2. The summed E-state index contributed by atoms with van der Waals surface area (Å²) >= 11 is 0. The summed E-state index contributed by atoms with van der Waals surface area (Å²) in [5.74, 6) is -2.60. The molecule has 446 valence electrons. The lowest BCUT2D eigenvalue weighted by molar-refractivity contribution is -0.646. The molecule has 0 saturated carbocycles. The number of imidazole rings is 3. The molecule has 40 nitrogen and oxygen atoms in total. The summed E-state index contributed by atoms with van der Waals surface area (Å²) in [5, 5.41) is 21.8. The number of hydrogen-bond acceptors (Lipinski definition) is 30. The second-order valence-electron chi connectivity index (χ2n) is 18.2. The van der Waals surface area contributed by atoms with Crippen LogP contribution in [0.4, 0.5) is 17.7 Å². The SMILES string of the molecule is CCS(=O)(=O)NC[C@H]1[C@@H](C)[C@H](n2c[n+](C)c3c(=O)[nH]c(N)nc32)O[C@@H]1COP(=O)(O)OP(=O)(O)OP(=O)(O)OC[C@H]1O[C@@H](n2cnc3c(N)ncnc32)[C@H](OC)[C@@H]1OP(=O)([O-])OC[C@H]1O[C@@H](n2cnc3c(=O)[nH]c(N)nc32)[C@H](O)[C@@H]1O. The van der Waals surface area contributed by atoms with Crippen LogP contribution >= 0.6 is 31.3 Å². The van der Waals surface area contributed by atoms with Crippen LogP contribution in [0.25, 0.3) is 33.5 Å². The van der Waals surface area contributed by atoms with Crippen LogP contribution in [0.1, 0.15) is 32.5 Å². The third-order valence-electron chi connectivity index (χ3n) is 13.0. The maximum absolute atomic E-state index is 13.6. The van der Waals surface area contributed by atoms with Crippen LogP contribution in [-0.4, -0.2) is 169 Å². The van der Waals surface area contributed by atoms with Crippen LogP contribution < -0.4 is 42.5 Å². The summed E-state index contributed by atoms with van der Waals surface area (Å²) < 4.78 is 138. The van der Waals surface area contributed by atoms with Gasteiger partial charge in [0.25, 0.3) is 24.5 Å². The Bertz CT molecular complexity index is 3790. The minimum Gasteiger partial charge on any atom is -0.756 e. The Hall–Kier alpha value is -5.16. The van der Waals surface area contributed by atoms with Crippen molar-refractivity contribution in [3.8, 4) is 0 Å². The quantitative estimate of drug-likeness (QED) is 0.0216. The van der Waals surface area contributed by atoms with Gasteiger partial charge in [-0.05, 0) is 6.92 Å². The number of aromatic amines is 2.